The predicted molar refractivity (Wildman–Crippen MR) is 106 cm³/mol. The van der Waals surface area contributed by atoms with E-state index in [1.54, 1.807) is 0 Å². The minimum Gasteiger partial charge on any atom is -0.383 e. The lowest BCUT2D eigenvalue weighted by atomic mass is 9.90. The van der Waals surface area contributed by atoms with Crippen molar-refractivity contribution in [2.45, 2.75) is 25.8 Å². The Kier molecular flexibility index (Phi) is 3.36. The second-order valence-electron chi connectivity index (χ2n) is 6.86. The van der Waals surface area contributed by atoms with Crippen LogP contribution in [0, 0.1) is 5.92 Å². The van der Waals surface area contributed by atoms with Crippen LogP contribution in [0.1, 0.15) is 38.2 Å². The molecule has 1 aliphatic rings. The van der Waals surface area contributed by atoms with Gasteiger partial charge in [0.25, 0.3) is 0 Å². The zero-order chi connectivity index (χ0) is 24.0. The van der Waals surface area contributed by atoms with Crippen molar-refractivity contribution < 1.29 is 16.4 Å². The number of amides is 2. The van der Waals surface area contributed by atoms with E-state index in [-0.39, 0.29) is 41.6 Å². The molecular formula is C20H22N6O2. The molecule has 0 bridgehead atoms. The van der Waals surface area contributed by atoms with Gasteiger partial charge in [0.15, 0.2) is 0 Å². The molecule has 3 heterocycles. The first-order valence-electron chi connectivity index (χ1n) is 11.4. The number of rotatable bonds is 2. The number of aromatic nitrogens is 3. The van der Waals surface area contributed by atoms with Crippen LogP contribution in [-0.2, 0) is 9.59 Å². The van der Waals surface area contributed by atoms with Crippen molar-refractivity contribution in [2.75, 3.05) is 17.6 Å². The maximum absolute atomic E-state index is 13.2. The van der Waals surface area contributed by atoms with Gasteiger partial charge in [-0.25, -0.2) is 4.98 Å². The average Bonchev–Trinajstić information content (AvgIpc) is 3.30. The number of nitrogens with two attached hydrogens (primary N) is 1. The highest BCUT2D eigenvalue weighted by Crippen LogP contribution is 2.33. The molecule has 28 heavy (non-hydrogen) atoms. The monoisotopic (exact) mass is 383 g/mol. The van der Waals surface area contributed by atoms with E-state index in [0.717, 1.165) is 0 Å². The van der Waals surface area contributed by atoms with Gasteiger partial charge in [-0.2, -0.15) is 5.10 Å². The molecule has 0 radical (unpaired) electrons. The SMILES string of the molecule is [2H]c1c([2H])c([2H])c(C2CC[C@H](C)CN2C(=O)C(=O)Nc2cnc(N)c3cn[nH]c23)c([2H])c1[2H]. The molecule has 2 atom stereocenters. The number of hydrogen-bond acceptors (Lipinski definition) is 5. The van der Waals surface area contributed by atoms with Crippen molar-refractivity contribution in [3.05, 3.63) is 48.2 Å². The summed E-state index contributed by atoms with van der Waals surface area (Å²) in [6, 6.07) is -3.04. The van der Waals surface area contributed by atoms with Gasteiger partial charge in [-0.1, -0.05) is 37.1 Å². The van der Waals surface area contributed by atoms with Gasteiger partial charge < -0.3 is 16.0 Å². The van der Waals surface area contributed by atoms with E-state index in [9.17, 15) is 9.59 Å². The van der Waals surface area contributed by atoms with Crippen LogP contribution in [0.3, 0.4) is 0 Å². The third-order valence-electron chi connectivity index (χ3n) is 4.89. The van der Waals surface area contributed by atoms with Gasteiger partial charge in [-0.05, 0) is 24.3 Å². The Morgan fingerprint density at radius 2 is 2.07 bits per heavy atom. The topological polar surface area (TPSA) is 117 Å². The van der Waals surface area contributed by atoms with Crippen molar-refractivity contribution in [3.63, 3.8) is 0 Å². The lowest BCUT2D eigenvalue weighted by Gasteiger charge is -2.38. The van der Waals surface area contributed by atoms with Gasteiger partial charge in [0, 0.05) is 6.54 Å². The number of aromatic amines is 1. The summed E-state index contributed by atoms with van der Waals surface area (Å²) in [5, 5.41) is 9.61. The number of H-pyrrole nitrogens is 1. The summed E-state index contributed by atoms with van der Waals surface area (Å²) in [6.45, 7) is 2.13. The van der Waals surface area contributed by atoms with E-state index in [1.807, 2.05) is 6.92 Å². The van der Waals surface area contributed by atoms with Gasteiger partial charge in [0.2, 0.25) is 0 Å². The Balaban J connectivity index is 1.68. The number of hydrogen-bond donors (Lipinski definition) is 3. The molecule has 144 valence electrons. The van der Waals surface area contributed by atoms with Crippen molar-refractivity contribution in [1.29, 1.82) is 0 Å². The Labute approximate surface area is 169 Å². The molecule has 8 nitrogen and oxygen atoms in total. The van der Waals surface area contributed by atoms with Crippen molar-refractivity contribution in [1.82, 2.24) is 20.1 Å². The number of piperidine rings is 1. The summed E-state index contributed by atoms with van der Waals surface area (Å²) in [5.41, 5.74) is 6.45. The minimum atomic E-state index is -0.941. The molecule has 2 amide bonds. The Morgan fingerprint density at radius 1 is 1.29 bits per heavy atom. The maximum Gasteiger partial charge on any atom is 0.314 e. The zero-order valence-electron chi connectivity index (χ0n) is 20.2. The highest BCUT2D eigenvalue weighted by molar-refractivity contribution is 6.40. The summed E-state index contributed by atoms with van der Waals surface area (Å²) in [7, 11) is 0. The quantitative estimate of drug-likeness (QED) is 0.588. The number of nitrogen functional groups attached to an aromatic ring is 1. The van der Waals surface area contributed by atoms with E-state index in [1.165, 1.54) is 17.3 Å². The summed E-state index contributed by atoms with van der Waals surface area (Å²) in [4.78, 5) is 31.4. The van der Waals surface area contributed by atoms with Gasteiger partial charge >= 0.3 is 11.8 Å². The molecule has 4 N–H and O–H groups in total. The smallest absolute Gasteiger partial charge is 0.314 e. The lowest BCUT2D eigenvalue weighted by molar-refractivity contribution is -0.146. The molecule has 0 aliphatic carbocycles. The number of likely N-dealkylation sites (tertiary alicyclic amines) is 1. The molecule has 1 aromatic carbocycles. The number of benzene rings is 1. The molecule has 1 saturated heterocycles. The van der Waals surface area contributed by atoms with Crippen LogP contribution in [0.4, 0.5) is 11.5 Å². The lowest BCUT2D eigenvalue weighted by Crippen LogP contribution is -2.46. The molecule has 8 heteroatoms. The molecule has 3 aromatic rings. The fourth-order valence-corrected chi connectivity index (χ4v) is 3.46. The van der Waals surface area contributed by atoms with E-state index < -0.39 is 36.0 Å². The van der Waals surface area contributed by atoms with Crippen molar-refractivity contribution >= 4 is 34.2 Å². The summed E-state index contributed by atoms with van der Waals surface area (Å²) in [6.07, 6.45) is 3.81. The van der Waals surface area contributed by atoms with Gasteiger partial charge in [-0.15, -0.1) is 0 Å². The first-order chi connectivity index (χ1) is 15.6. The molecule has 2 aromatic heterocycles. The number of anilines is 2. The minimum absolute atomic E-state index is 0.0131. The first kappa shape index (κ1) is 12.9. The van der Waals surface area contributed by atoms with Crippen LogP contribution < -0.4 is 11.1 Å². The van der Waals surface area contributed by atoms with Crippen LogP contribution in [0.15, 0.2) is 42.6 Å². The third kappa shape index (κ3) is 3.28. The third-order valence-corrected chi connectivity index (χ3v) is 4.89. The zero-order valence-corrected chi connectivity index (χ0v) is 15.2. The van der Waals surface area contributed by atoms with Crippen LogP contribution in [0.2, 0.25) is 0 Å². The number of carbonyl (C=O) groups is 2. The molecule has 0 saturated carbocycles. The number of nitrogens with one attached hydrogen (secondary N) is 2. The Bertz CT molecular complexity index is 1250. The highest BCUT2D eigenvalue weighted by atomic mass is 16.2. The van der Waals surface area contributed by atoms with E-state index >= 15 is 0 Å². The van der Waals surface area contributed by atoms with E-state index in [0.29, 0.717) is 23.7 Å². The van der Waals surface area contributed by atoms with Crippen LogP contribution >= 0.6 is 0 Å². The molecule has 1 unspecified atom stereocenters. The van der Waals surface area contributed by atoms with Crippen LogP contribution in [0.25, 0.3) is 10.9 Å². The number of fused-ring (bicyclic) bond motifs is 1. The first-order valence-corrected chi connectivity index (χ1v) is 8.88. The highest BCUT2D eigenvalue weighted by Gasteiger charge is 2.34. The van der Waals surface area contributed by atoms with E-state index in [2.05, 4.69) is 20.5 Å². The van der Waals surface area contributed by atoms with Gasteiger partial charge in [0.05, 0.1) is 41.9 Å². The van der Waals surface area contributed by atoms with E-state index in [4.69, 9.17) is 12.6 Å². The Hall–Kier alpha value is -3.42. The summed E-state index contributed by atoms with van der Waals surface area (Å²) in [5.74, 6) is -1.53. The van der Waals surface area contributed by atoms with Crippen LogP contribution in [-0.4, -0.2) is 38.4 Å². The molecule has 0 spiro atoms. The normalized spacial score (nSPS) is 22.0. The molecule has 1 fully saturated rings. The number of carbonyl (C=O) groups excluding carboxylic acids is 2. The molecule has 1 aliphatic heterocycles. The van der Waals surface area contributed by atoms with Crippen molar-refractivity contribution in [3.8, 4) is 0 Å². The number of pyridine rings is 1. The second-order valence-corrected chi connectivity index (χ2v) is 6.86. The fourth-order valence-electron chi connectivity index (χ4n) is 3.46. The standard InChI is InChI=1S/C20H22N6O2/c1-12-7-8-16(13-5-3-2-4-6-13)26(11-12)20(28)19(27)24-15-10-22-18(21)14-9-23-25-17(14)15/h2-6,9-10,12,16H,7-8,11H2,1H3,(H2,21,22)(H,23,25)(H,24,27)/t12-,16?/m0/s1/i2D,3D,4D,5D,6D. The average molecular weight is 383 g/mol. The maximum atomic E-state index is 13.2. The van der Waals surface area contributed by atoms with Gasteiger partial charge in [-0.3, -0.25) is 14.7 Å². The molecule has 4 rings (SSSR count). The fraction of sp³-hybridized carbons (Fsp3) is 0.300. The second kappa shape index (κ2) is 7.30. The molecular weight excluding hydrogens is 356 g/mol. The van der Waals surface area contributed by atoms with Crippen molar-refractivity contribution in [2.24, 2.45) is 5.92 Å². The predicted octanol–water partition coefficient (Wildman–Crippen LogP) is 2.48. The summed E-state index contributed by atoms with van der Waals surface area (Å²) < 4.78 is 40.3. The van der Waals surface area contributed by atoms with Gasteiger partial charge in [0.1, 0.15) is 5.82 Å². The largest absolute Gasteiger partial charge is 0.383 e. The Morgan fingerprint density at radius 3 is 2.86 bits per heavy atom. The summed E-state index contributed by atoms with van der Waals surface area (Å²) >= 11 is 0. The number of nitrogens with zero attached hydrogens (tertiary/aromatic N) is 3. The van der Waals surface area contributed by atoms with Crippen LogP contribution in [0.5, 0.6) is 0 Å².